The summed E-state index contributed by atoms with van der Waals surface area (Å²) in [5.41, 5.74) is 0. The summed E-state index contributed by atoms with van der Waals surface area (Å²) in [7, 11) is -3.53. The summed E-state index contributed by atoms with van der Waals surface area (Å²) >= 11 is 0. The van der Waals surface area contributed by atoms with Gasteiger partial charge in [0.15, 0.2) is 0 Å². The Hall–Kier alpha value is -0.820. The lowest BCUT2D eigenvalue weighted by Gasteiger charge is -2.18. The molecule has 0 amide bonds. The third kappa shape index (κ3) is 17.3. The first-order valence-electron chi connectivity index (χ1n) is 7.26. The largest absolute Gasteiger partial charge is 0.697 e. The molecule has 0 aromatic heterocycles. The molecule has 28 heavy (non-hydrogen) atoms. The van der Waals surface area contributed by atoms with E-state index in [2.05, 4.69) is 9.05 Å². The van der Waals surface area contributed by atoms with E-state index in [1.807, 2.05) is 0 Å². The Bertz CT molecular complexity index is 408. The molecule has 0 heterocycles. The molecular formula is C12H14F12O3P+. The van der Waals surface area contributed by atoms with Crippen molar-refractivity contribution in [1.82, 2.24) is 0 Å². The van der Waals surface area contributed by atoms with Crippen LogP contribution < -0.4 is 0 Å². The highest BCUT2D eigenvalue weighted by Gasteiger charge is 2.42. The third-order valence-electron chi connectivity index (χ3n) is 2.91. The summed E-state index contributed by atoms with van der Waals surface area (Å²) in [6.07, 6.45) is -27.9. The zero-order valence-corrected chi connectivity index (χ0v) is 14.5. The molecule has 3 nitrogen and oxygen atoms in total. The fourth-order valence-corrected chi connectivity index (χ4v) is 2.80. The first-order chi connectivity index (χ1) is 12.3. The highest BCUT2D eigenvalue weighted by molar-refractivity contribution is 7.33. The Balaban J connectivity index is 4.72. The number of halogens is 12. The molecule has 0 N–H and O–H groups in total. The van der Waals surface area contributed by atoms with Gasteiger partial charge >= 0.3 is 33.0 Å². The zero-order valence-electron chi connectivity index (χ0n) is 13.6. The molecule has 0 radical (unpaired) electrons. The molecule has 168 valence electrons. The Kier molecular flexibility index (Phi) is 9.98. The summed E-state index contributed by atoms with van der Waals surface area (Å²) < 4.78 is 166. The van der Waals surface area contributed by atoms with Gasteiger partial charge in [-0.2, -0.15) is 52.7 Å². The van der Waals surface area contributed by atoms with Gasteiger partial charge in [-0.25, -0.2) is 0 Å². The van der Waals surface area contributed by atoms with Crippen molar-refractivity contribution in [2.45, 2.75) is 50.4 Å². The average molecular weight is 465 g/mol. The van der Waals surface area contributed by atoms with Crippen LogP contribution in [-0.4, -0.2) is 37.9 Å². The van der Waals surface area contributed by atoms with Gasteiger partial charge in [-0.1, -0.05) is 0 Å². The second kappa shape index (κ2) is 10.3. The fraction of sp³-hybridized carbons (Fsp3) is 1.00. The smallest absolute Gasteiger partial charge is 0.171 e. The van der Waals surface area contributed by atoms with E-state index in [1.165, 1.54) is 0 Å². The van der Waals surface area contributed by atoms with E-state index in [4.69, 9.17) is 0 Å². The highest BCUT2D eigenvalue weighted by atomic mass is 31.1. The van der Waals surface area contributed by atoms with Gasteiger partial charge in [0.2, 0.25) is 0 Å². The van der Waals surface area contributed by atoms with Crippen LogP contribution in [0.2, 0.25) is 0 Å². The molecule has 0 rings (SSSR count). The van der Waals surface area contributed by atoms with E-state index in [9.17, 15) is 57.3 Å². The molecule has 0 spiro atoms. The maximum atomic E-state index is 12.2. The SMILES string of the molecule is O=[P+](OCC(CC(F)(F)F)CC(F)(F)F)OCC(CC(F)(F)F)CC(F)(F)F. The van der Waals surface area contributed by atoms with Crippen molar-refractivity contribution in [3.05, 3.63) is 0 Å². The van der Waals surface area contributed by atoms with Crippen molar-refractivity contribution in [3.8, 4) is 0 Å². The van der Waals surface area contributed by atoms with E-state index < -0.39 is 83.7 Å². The molecule has 0 aliphatic rings. The van der Waals surface area contributed by atoms with Crippen molar-refractivity contribution < 1.29 is 66.3 Å². The molecule has 0 saturated heterocycles. The minimum atomic E-state index is -5.02. The molecule has 0 aromatic rings. The second-order valence-electron chi connectivity index (χ2n) is 5.82. The van der Waals surface area contributed by atoms with Gasteiger partial charge in [-0.3, -0.25) is 0 Å². The van der Waals surface area contributed by atoms with Gasteiger partial charge in [0, 0.05) is 42.1 Å². The van der Waals surface area contributed by atoms with E-state index in [0.717, 1.165) is 0 Å². The summed E-state index contributed by atoms with van der Waals surface area (Å²) in [5.74, 6) is -4.44. The molecular weight excluding hydrogens is 451 g/mol. The molecule has 0 atom stereocenters. The molecule has 0 bridgehead atoms. The monoisotopic (exact) mass is 465 g/mol. The second-order valence-corrected chi connectivity index (χ2v) is 6.79. The predicted molar refractivity (Wildman–Crippen MR) is 69.2 cm³/mol. The van der Waals surface area contributed by atoms with E-state index >= 15 is 0 Å². The first-order valence-corrected chi connectivity index (χ1v) is 8.35. The molecule has 0 aliphatic heterocycles. The number of rotatable bonds is 10. The number of hydrogen-bond donors (Lipinski definition) is 0. The summed E-state index contributed by atoms with van der Waals surface area (Å²) in [6.45, 7) is -2.76. The summed E-state index contributed by atoms with van der Waals surface area (Å²) in [6, 6.07) is 0. The zero-order chi connectivity index (χ0) is 22.4. The van der Waals surface area contributed by atoms with Crippen LogP contribution in [0.15, 0.2) is 0 Å². The Morgan fingerprint density at radius 3 is 0.929 bits per heavy atom. The van der Waals surface area contributed by atoms with Crippen LogP contribution in [0, 0.1) is 11.8 Å². The lowest BCUT2D eigenvalue weighted by atomic mass is 10.0. The van der Waals surface area contributed by atoms with Crippen LogP contribution in [0.4, 0.5) is 52.7 Å². The predicted octanol–water partition coefficient (Wildman–Crippen LogP) is 6.72. The minimum absolute atomic E-state index is 1.38. The Morgan fingerprint density at radius 2 is 0.750 bits per heavy atom. The van der Waals surface area contributed by atoms with Gasteiger partial charge < -0.3 is 0 Å². The molecule has 0 aliphatic carbocycles. The first kappa shape index (κ1) is 27.2. The van der Waals surface area contributed by atoms with Crippen LogP contribution >= 0.6 is 8.25 Å². The van der Waals surface area contributed by atoms with E-state index in [-0.39, 0.29) is 0 Å². The maximum absolute atomic E-state index is 12.2. The topological polar surface area (TPSA) is 35.5 Å². The van der Waals surface area contributed by atoms with Crippen molar-refractivity contribution in [2.75, 3.05) is 13.2 Å². The van der Waals surface area contributed by atoms with Gasteiger partial charge in [0.1, 0.15) is 13.2 Å². The lowest BCUT2D eigenvalue weighted by Crippen LogP contribution is -2.25. The lowest BCUT2D eigenvalue weighted by molar-refractivity contribution is -0.176. The van der Waals surface area contributed by atoms with E-state index in [0.29, 0.717) is 0 Å². The minimum Gasteiger partial charge on any atom is -0.171 e. The summed E-state index contributed by atoms with van der Waals surface area (Å²) in [4.78, 5) is 0. The Labute approximate surface area is 151 Å². The van der Waals surface area contributed by atoms with Crippen LogP contribution in [0.5, 0.6) is 0 Å². The van der Waals surface area contributed by atoms with Gasteiger partial charge in [-0.15, -0.1) is 9.05 Å². The molecule has 0 aromatic carbocycles. The highest BCUT2D eigenvalue weighted by Crippen LogP contribution is 2.38. The number of hydrogen-bond acceptors (Lipinski definition) is 3. The third-order valence-corrected chi connectivity index (χ3v) is 3.63. The fourth-order valence-electron chi connectivity index (χ4n) is 2.06. The van der Waals surface area contributed by atoms with E-state index in [1.54, 1.807) is 0 Å². The number of alkyl halides is 12. The van der Waals surface area contributed by atoms with Crippen LogP contribution in [-0.2, 0) is 13.6 Å². The van der Waals surface area contributed by atoms with Crippen molar-refractivity contribution in [2.24, 2.45) is 11.8 Å². The molecule has 0 unspecified atom stereocenters. The normalized spacial score (nSPS) is 14.2. The van der Waals surface area contributed by atoms with Crippen LogP contribution in [0.3, 0.4) is 0 Å². The molecule has 0 fully saturated rings. The van der Waals surface area contributed by atoms with Crippen molar-refractivity contribution >= 4 is 8.25 Å². The van der Waals surface area contributed by atoms with Gasteiger partial charge in [-0.05, 0) is 0 Å². The van der Waals surface area contributed by atoms with Gasteiger partial charge in [0.05, 0.1) is 0 Å². The van der Waals surface area contributed by atoms with Crippen molar-refractivity contribution in [1.29, 1.82) is 0 Å². The molecule has 16 heteroatoms. The average Bonchev–Trinajstić information content (AvgIpc) is 2.35. The van der Waals surface area contributed by atoms with Crippen LogP contribution in [0.1, 0.15) is 25.7 Å². The maximum Gasteiger partial charge on any atom is 0.697 e. The molecule has 0 saturated carbocycles. The Morgan fingerprint density at radius 1 is 0.536 bits per heavy atom. The standard InChI is InChI=1S/C12H14F12O3P/c13-9(14,15)1-7(2-10(16,17)18)5-26-28(25)27-6-8(3-11(19,20)21)4-12(22,23)24/h7-8H,1-6H2/q+1. The van der Waals surface area contributed by atoms with Crippen molar-refractivity contribution in [3.63, 3.8) is 0 Å². The van der Waals surface area contributed by atoms with Gasteiger partial charge in [0.25, 0.3) is 0 Å². The summed E-state index contributed by atoms with van der Waals surface area (Å²) in [5, 5.41) is 0. The van der Waals surface area contributed by atoms with Crippen LogP contribution in [0.25, 0.3) is 0 Å². The quantitative estimate of drug-likeness (QED) is 0.266.